The molecule has 0 saturated carbocycles. The molecule has 0 fully saturated rings. The third kappa shape index (κ3) is 47.7. The van der Waals surface area contributed by atoms with Crippen LogP contribution in [0.5, 0.6) is 0 Å². The number of allylic oxidation sites excluding steroid dienone is 4. The van der Waals surface area contributed by atoms with E-state index < -0.39 is 12.1 Å². The van der Waals surface area contributed by atoms with Crippen molar-refractivity contribution in [3.05, 3.63) is 24.3 Å². The van der Waals surface area contributed by atoms with Crippen LogP contribution < -0.4 is 5.32 Å². The third-order valence-electron chi connectivity index (χ3n) is 12.5. The number of amides is 1. The molecule has 0 aliphatic rings. The van der Waals surface area contributed by atoms with Gasteiger partial charge in [-0.3, -0.25) is 9.59 Å². The first kappa shape index (κ1) is 59.3. The zero-order valence-corrected chi connectivity index (χ0v) is 40.9. The van der Waals surface area contributed by atoms with Crippen LogP contribution in [0.4, 0.5) is 0 Å². The van der Waals surface area contributed by atoms with Gasteiger partial charge in [-0.05, 0) is 77.0 Å². The lowest BCUT2D eigenvalue weighted by molar-refractivity contribution is -0.143. The van der Waals surface area contributed by atoms with E-state index >= 15 is 0 Å². The molecule has 0 aromatic rings. The van der Waals surface area contributed by atoms with Gasteiger partial charge < -0.3 is 20.3 Å². The molecular formula is C55H105NO5. The summed E-state index contributed by atoms with van der Waals surface area (Å²) in [5, 5.41) is 23.1. The topological polar surface area (TPSA) is 95.9 Å². The third-order valence-corrected chi connectivity index (χ3v) is 12.5. The first-order valence-electron chi connectivity index (χ1n) is 27.1. The Labute approximate surface area is 380 Å². The Balaban J connectivity index is 3.43. The highest BCUT2D eigenvalue weighted by Crippen LogP contribution is 2.16. The number of esters is 1. The minimum absolute atomic E-state index is 0.00468. The minimum atomic E-state index is -0.671. The van der Waals surface area contributed by atoms with Gasteiger partial charge in [-0.2, -0.15) is 0 Å². The molecular weight excluding hydrogens is 755 g/mol. The smallest absolute Gasteiger partial charge is 0.305 e. The second-order valence-electron chi connectivity index (χ2n) is 18.6. The number of aliphatic hydroxyl groups is 2. The number of hydrogen-bond donors (Lipinski definition) is 3. The van der Waals surface area contributed by atoms with Crippen LogP contribution in [0.25, 0.3) is 0 Å². The average Bonchev–Trinajstić information content (AvgIpc) is 3.26. The van der Waals surface area contributed by atoms with Gasteiger partial charge in [0.2, 0.25) is 5.91 Å². The van der Waals surface area contributed by atoms with Crippen molar-refractivity contribution in [3.63, 3.8) is 0 Å². The lowest BCUT2D eigenvalue weighted by Crippen LogP contribution is -2.45. The number of carbonyl (C=O) groups is 2. The maximum atomic E-state index is 12.4. The van der Waals surface area contributed by atoms with Crippen molar-refractivity contribution in [3.8, 4) is 0 Å². The summed E-state index contributed by atoms with van der Waals surface area (Å²) in [4.78, 5) is 24.4. The Morgan fingerprint density at radius 1 is 0.443 bits per heavy atom. The maximum Gasteiger partial charge on any atom is 0.305 e. The Morgan fingerprint density at radius 3 is 1.16 bits per heavy atom. The van der Waals surface area contributed by atoms with Gasteiger partial charge in [0.25, 0.3) is 0 Å². The normalized spacial score (nSPS) is 12.8. The summed E-state index contributed by atoms with van der Waals surface area (Å²) in [7, 11) is 0. The van der Waals surface area contributed by atoms with Gasteiger partial charge in [-0.15, -0.1) is 0 Å². The second kappa shape index (κ2) is 51.0. The van der Waals surface area contributed by atoms with Crippen LogP contribution in [-0.4, -0.2) is 47.4 Å². The second-order valence-corrected chi connectivity index (χ2v) is 18.6. The zero-order valence-electron chi connectivity index (χ0n) is 40.9. The molecule has 0 aliphatic heterocycles. The van der Waals surface area contributed by atoms with Crippen molar-refractivity contribution < 1.29 is 24.5 Å². The van der Waals surface area contributed by atoms with Crippen LogP contribution in [0, 0.1) is 0 Å². The van der Waals surface area contributed by atoms with Gasteiger partial charge in [0, 0.05) is 12.8 Å². The van der Waals surface area contributed by atoms with Crippen LogP contribution in [0.2, 0.25) is 0 Å². The molecule has 6 nitrogen and oxygen atoms in total. The number of aliphatic hydroxyl groups excluding tert-OH is 2. The summed E-state index contributed by atoms with van der Waals surface area (Å²) in [6, 6.07) is -0.549. The van der Waals surface area contributed by atoms with E-state index in [4.69, 9.17) is 4.74 Å². The summed E-state index contributed by atoms with van der Waals surface area (Å²) in [6.07, 6.45) is 60.2. The Morgan fingerprint density at radius 2 is 0.770 bits per heavy atom. The minimum Gasteiger partial charge on any atom is -0.466 e. The fourth-order valence-electron chi connectivity index (χ4n) is 8.28. The summed E-state index contributed by atoms with van der Waals surface area (Å²) >= 11 is 0. The predicted octanol–water partition coefficient (Wildman–Crippen LogP) is 16.3. The number of hydrogen-bond acceptors (Lipinski definition) is 5. The van der Waals surface area contributed by atoms with E-state index in [0.29, 0.717) is 25.9 Å². The number of rotatable bonds is 50. The van der Waals surface area contributed by atoms with Crippen molar-refractivity contribution in [2.24, 2.45) is 0 Å². The molecule has 0 aromatic heterocycles. The van der Waals surface area contributed by atoms with Crippen LogP contribution >= 0.6 is 0 Å². The molecule has 61 heavy (non-hydrogen) atoms. The number of carbonyl (C=O) groups excluding carboxylic acids is 2. The van der Waals surface area contributed by atoms with Gasteiger partial charge in [-0.1, -0.05) is 224 Å². The molecule has 0 aliphatic carbocycles. The molecule has 1 amide bonds. The van der Waals surface area contributed by atoms with E-state index in [9.17, 15) is 19.8 Å². The molecule has 360 valence electrons. The van der Waals surface area contributed by atoms with Gasteiger partial charge in [0.1, 0.15) is 0 Å². The van der Waals surface area contributed by atoms with Crippen LogP contribution in [0.15, 0.2) is 24.3 Å². The highest BCUT2D eigenvalue weighted by molar-refractivity contribution is 5.76. The van der Waals surface area contributed by atoms with E-state index in [-0.39, 0.29) is 18.5 Å². The predicted molar refractivity (Wildman–Crippen MR) is 264 cm³/mol. The van der Waals surface area contributed by atoms with Crippen LogP contribution in [-0.2, 0) is 14.3 Å². The molecule has 2 atom stereocenters. The maximum absolute atomic E-state index is 12.4. The van der Waals surface area contributed by atoms with Gasteiger partial charge in [0.15, 0.2) is 0 Å². The zero-order chi connectivity index (χ0) is 44.4. The highest BCUT2D eigenvalue weighted by Gasteiger charge is 2.20. The molecule has 0 saturated heterocycles. The molecule has 0 spiro atoms. The van der Waals surface area contributed by atoms with Crippen molar-refractivity contribution >= 4 is 11.9 Å². The van der Waals surface area contributed by atoms with E-state index in [1.54, 1.807) is 0 Å². The van der Waals surface area contributed by atoms with Crippen molar-refractivity contribution in [1.29, 1.82) is 0 Å². The monoisotopic (exact) mass is 860 g/mol. The summed E-state index contributed by atoms with van der Waals surface area (Å²) in [5.74, 6) is -0.0559. The average molecular weight is 860 g/mol. The molecule has 2 unspecified atom stereocenters. The molecule has 0 bridgehead atoms. The largest absolute Gasteiger partial charge is 0.466 e. The van der Waals surface area contributed by atoms with Crippen molar-refractivity contribution in [1.82, 2.24) is 5.32 Å². The van der Waals surface area contributed by atoms with Gasteiger partial charge in [-0.25, -0.2) is 0 Å². The highest BCUT2D eigenvalue weighted by atomic mass is 16.5. The number of nitrogens with one attached hydrogen (secondary N) is 1. The number of unbranched alkanes of at least 4 members (excludes halogenated alkanes) is 35. The number of ether oxygens (including phenoxy) is 1. The molecule has 0 rings (SSSR count). The van der Waals surface area contributed by atoms with Crippen molar-refractivity contribution in [2.75, 3.05) is 13.2 Å². The van der Waals surface area contributed by atoms with E-state index in [1.165, 1.54) is 199 Å². The summed E-state index contributed by atoms with van der Waals surface area (Å²) < 4.78 is 5.47. The van der Waals surface area contributed by atoms with E-state index in [0.717, 1.165) is 57.8 Å². The van der Waals surface area contributed by atoms with Crippen molar-refractivity contribution in [2.45, 2.75) is 302 Å². The molecule has 0 radical (unpaired) electrons. The molecule has 6 heteroatoms. The fourth-order valence-corrected chi connectivity index (χ4v) is 8.28. The van der Waals surface area contributed by atoms with Crippen LogP contribution in [0.1, 0.15) is 290 Å². The quantitative estimate of drug-likeness (QED) is 0.0322. The standard InChI is InChI=1S/C55H105NO5/c1-3-5-7-9-11-13-15-16-17-23-26-29-33-37-41-45-49-55(60)61-50-46-42-38-34-30-27-24-21-19-18-20-22-25-28-32-36-40-44-48-54(59)56-52(51-57)53(58)47-43-39-35-31-14-12-10-8-6-4-2/h17,20,22-23,52-53,57-58H,3-16,18-19,21,24-51H2,1-2H3,(H,56,59)/b22-20-,23-17-. The summed E-state index contributed by atoms with van der Waals surface area (Å²) in [5.41, 5.74) is 0. The van der Waals surface area contributed by atoms with Gasteiger partial charge >= 0.3 is 5.97 Å². The van der Waals surface area contributed by atoms with E-state index in [1.807, 2.05) is 0 Å². The first-order chi connectivity index (χ1) is 30.0. The Bertz CT molecular complexity index is 951. The van der Waals surface area contributed by atoms with Crippen LogP contribution in [0.3, 0.4) is 0 Å². The molecule has 0 heterocycles. The Hall–Kier alpha value is -1.66. The first-order valence-corrected chi connectivity index (χ1v) is 27.1. The SMILES string of the molecule is CCCCCCCCC/C=C\CCCCCCCC(=O)OCCCCCCCCCCC/C=C\CCCCCCCC(=O)NC(CO)C(O)CCCCCCCCCCCC. The lowest BCUT2D eigenvalue weighted by atomic mass is 10.0. The Kier molecular flexibility index (Phi) is 49.6. The molecule has 0 aromatic carbocycles. The van der Waals surface area contributed by atoms with E-state index in [2.05, 4.69) is 43.5 Å². The lowest BCUT2D eigenvalue weighted by Gasteiger charge is -2.22. The van der Waals surface area contributed by atoms with Gasteiger partial charge in [0.05, 0.1) is 25.4 Å². The molecule has 3 N–H and O–H groups in total. The summed E-state index contributed by atoms with van der Waals surface area (Å²) in [6.45, 7) is 4.92. The fraction of sp³-hybridized carbons (Fsp3) is 0.891.